The van der Waals surface area contributed by atoms with Crippen molar-refractivity contribution in [3.8, 4) is 22.8 Å². The number of phenols is 1. The lowest BCUT2D eigenvalue weighted by molar-refractivity contribution is -0.137. The summed E-state index contributed by atoms with van der Waals surface area (Å²) in [6.45, 7) is -0.538. The topological polar surface area (TPSA) is 115 Å². The minimum Gasteiger partial charge on any atom is -0.504 e. The van der Waals surface area contributed by atoms with Crippen LogP contribution in [0.2, 0.25) is 0 Å². The van der Waals surface area contributed by atoms with Crippen LogP contribution >= 0.6 is 0 Å². The Balaban J connectivity index is 2.29. The van der Waals surface area contributed by atoms with Crippen molar-refractivity contribution in [1.82, 2.24) is 14.5 Å². The highest BCUT2D eigenvalue weighted by Gasteiger charge is 2.16. The number of carboxylic acid groups (broad SMARTS) is 1. The highest BCUT2D eigenvalue weighted by molar-refractivity contribution is 5.77. The fourth-order valence-corrected chi connectivity index (χ4v) is 2.38. The average Bonchev–Trinajstić information content (AvgIpc) is 2.57. The molecule has 0 amide bonds. The summed E-state index contributed by atoms with van der Waals surface area (Å²) < 4.78 is 6.01. The third-order valence-corrected chi connectivity index (χ3v) is 3.45. The third-order valence-electron chi connectivity index (χ3n) is 3.45. The summed E-state index contributed by atoms with van der Waals surface area (Å²) >= 11 is 0. The Hall–Kier alpha value is -3.42. The number of aromatic hydroxyl groups is 1. The van der Waals surface area contributed by atoms with Crippen molar-refractivity contribution < 1.29 is 19.7 Å². The zero-order chi connectivity index (χ0) is 17.3. The van der Waals surface area contributed by atoms with Gasteiger partial charge in [0.2, 0.25) is 0 Å². The van der Waals surface area contributed by atoms with Crippen LogP contribution in [-0.2, 0) is 11.3 Å². The molecule has 0 aliphatic carbocycles. The fraction of sp³-hybridized carbons (Fsp3) is 0.125. The molecule has 0 unspecified atom stereocenters. The molecule has 8 heteroatoms. The van der Waals surface area contributed by atoms with Crippen molar-refractivity contribution in [2.75, 3.05) is 7.11 Å². The van der Waals surface area contributed by atoms with E-state index in [2.05, 4.69) is 9.97 Å². The van der Waals surface area contributed by atoms with Crippen molar-refractivity contribution in [3.63, 3.8) is 0 Å². The molecule has 8 nitrogen and oxygen atoms in total. The summed E-state index contributed by atoms with van der Waals surface area (Å²) in [6.07, 6.45) is 1.46. The number of aromatic nitrogens is 3. The monoisotopic (exact) mass is 327 g/mol. The van der Waals surface area contributed by atoms with Crippen molar-refractivity contribution >= 4 is 17.1 Å². The number of hydrogen-bond acceptors (Lipinski definition) is 6. The van der Waals surface area contributed by atoms with Crippen molar-refractivity contribution in [2.45, 2.75) is 6.54 Å². The van der Waals surface area contributed by atoms with Gasteiger partial charge in [0.05, 0.1) is 7.11 Å². The summed E-state index contributed by atoms with van der Waals surface area (Å²) in [5.74, 6) is -1.06. The third kappa shape index (κ3) is 2.65. The number of rotatable bonds is 4. The van der Waals surface area contributed by atoms with Crippen LogP contribution in [0.25, 0.3) is 22.4 Å². The van der Waals surface area contributed by atoms with Gasteiger partial charge in [0, 0.05) is 11.8 Å². The van der Waals surface area contributed by atoms with Gasteiger partial charge in [-0.25, -0.2) is 9.97 Å². The van der Waals surface area contributed by atoms with E-state index in [0.717, 1.165) is 4.57 Å². The SMILES string of the molecule is COc1ccc(-c2nc3cccnc3n(CC(=O)O)c2=O)cc1O. The molecule has 0 saturated heterocycles. The van der Waals surface area contributed by atoms with Gasteiger partial charge >= 0.3 is 5.97 Å². The van der Waals surface area contributed by atoms with Gasteiger partial charge in [-0.15, -0.1) is 0 Å². The fourth-order valence-electron chi connectivity index (χ4n) is 2.38. The second-order valence-corrected chi connectivity index (χ2v) is 4.98. The highest BCUT2D eigenvalue weighted by atomic mass is 16.5. The van der Waals surface area contributed by atoms with E-state index in [1.807, 2.05) is 0 Å². The molecule has 122 valence electrons. The number of fused-ring (bicyclic) bond motifs is 1. The van der Waals surface area contributed by atoms with E-state index in [0.29, 0.717) is 11.1 Å². The molecule has 1 aromatic carbocycles. The maximum atomic E-state index is 12.7. The predicted molar refractivity (Wildman–Crippen MR) is 85.1 cm³/mol. The smallest absolute Gasteiger partial charge is 0.323 e. The maximum absolute atomic E-state index is 12.7. The largest absolute Gasteiger partial charge is 0.504 e. The van der Waals surface area contributed by atoms with Crippen LogP contribution in [0, 0.1) is 0 Å². The minimum atomic E-state index is -1.17. The van der Waals surface area contributed by atoms with Gasteiger partial charge in [0.15, 0.2) is 17.1 Å². The van der Waals surface area contributed by atoms with E-state index in [1.165, 1.54) is 25.4 Å². The van der Waals surface area contributed by atoms with Gasteiger partial charge in [-0.05, 0) is 30.3 Å². The van der Waals surface area contributed by atoms with Gasteiger partial charge < -0.3 is 14.9 Å². The first kappa shape index (κ1) is 15.5. The standard InChI is InChI=1S/C16H13N3O5/c1-24-12-5-4-9(7-11(12)20)14-16(23)19(8-13(21)22)15-10(18-14)3-2-6-17-15/h2-7,20H,8H2,1H3,(H,21,22). The van der Waals surface area contributed by atoms with Gasteiger partial charge in [-0.3, -0.25) is 14.2 Å². The Labute approximate surface area is 135 Å². The van der Waals surface area contributed by atoms with Gasteiger partial charge in [-0.2, -0.15) is 0 Å². The quantitative estimate of drug-likeness (QED) is 0.741. The Bertz CT molecular complexity index is 997. The molecule has 0 spiro atoms. The van der Waals surface area contributed by atoms with Gasteiger partial charge in [0.1, 0.15) is 17.8 Å². The van der Waals surface area contributed by atoms with Crippen molar-refractivity contribution in [2.24, 2.45) is 0 Å². The van der Waals surface area contributed by atoms with Crippen LogP contribution in [0.3, 0.4) is 0 Å². The molecule has 0 radical (unpaired) electrons. The van der Waals surface area contributed by atoms with E-state index in [1.54, 1.807) is 18.2 Å². The average molecular weight is 327 g/mol. The normalized spacial score (nSPS) is 10.7. The van der Waals surface area contributed by atoms with Crippen molar-refractivity contribution in [3.05, 3.63) is 46.9 Å². The molecule has 3 rings (SSSR count). The number of ether oxygens (including phenoxy) is 1. The van der Waals surface area contributed by atoms with Crippen LogP contribution in [0.5, 0.6) is 11.5 Å². The first-order valence-corrected chi connectivity index (χ1v) is 6.96. The Morgan fingerprint density at radius 3 is 2.79 bits per heavy atom. The van der Waals surface area contributed by atoms with Gasteiger partial charge in [-0.1, -0.05) is 0 Å². The molecular weight excluding hydrogens is 314 g/mol. The van der Waals surface area contributed by atoms with Crippen LogP contribution < -0.4 is 10.3 Å². The van der Waals surface area contributed by atoms with E-state index >= 15 is 0 Å². The Morgan fingerprint density at radius 1 is 1.33 bits per heavy atom. The van der Waals surface area contributed by atoms with E-state index < -0.39 is 18.1 Å². The Kier molecular flexibility index (Phi) is 3.87. The number of carbonyl (C=O) groups is 1. The van der Waals surface area contributed by atoms with Gasteiger partial charge in [0.25, 0.3) is 5.56 Å². The highest BCUT2D eigenvalue weighted by Crippen LogP contribution is 2.29. The molecule has 0 aliphatic rings. The first-order chi connectivity index (χ1) is 11.5. The second kappa shape index (κ2) is 5.99. The summed E-state index contributed by atoms with van der Waals surface area (Å²) in [7, 11) is 1.41. The summed E-state index contributed by atoms with van der Waals surface area (Å²) in [5, 5.41) is 19.0. The van der Waals surface area contributed by atoms with Crippen LogP contribution in [-0.4, -0.2) is 37.8 Å². The minimum absolute atomic E-state index is 0.0229. The van der Waals surface area contributed by atoms with E-state index in [9.17, 15) is 14.7 Å². The van der Waals surface area contributed by atoms with Crippen LogP contribution in [0.1, 0.15) is 0 Å². The molecular formula is C16H13N3O5. The number of aliphatic carboxylic acids is 1. The Morgan fingerprint density at radius 2 is 2.12 bits per heavy atom. The lowest BCUT2D eigenvalue weighted by Gasteiger charge is -2.10. The molecule has 0 fully saturated rings. The molecule has 2 heterocycles. The molecule has 2 N–H and O–H groups in total. The number of pyridine rings is 1. The molecule has 0 atom stereocenters. The second-order valence-electron chi connectivity index (χ2n) is 4.98. The van der Waals surface area contributed by atoms with Crippen molar-refractivity contribution in [1.29, 1.82) is 0 Å². The zero-order valence-electron chi connectivity index (χ0n) is 12.6. The van der Waals surface area contributed by atoms with E-state index in [4.69, 9.17) is 9.84 Å². The number of methoxy groups -OCH3 is 1. The molecule has 0 bridgehead atoms. The number of nitrogens with zero attached hydrogens (tertiary/aromatic N) is 3. The lowest BCUT2D eigenvalue weighted by atomic mass is 10.1. The molecule has 3 aromatic rings. The molecule has 24 heavy (non-hydrogen) atoms. The maximum Gasteiger partial charge on any atom is 0.323 e. The van der Waals surface area contributed by atoms with Crippen LogP contribution in [0.15, 0.2) is 41.3 Å². The molecule has 2 aromatic heterocycles. The van der Waals surface area contributed by atoms with E-state index in [-0.39, 0.29) is 22.8 Å². The predicted octanol–water partition coefficient (Wildman–Crippen LogP) is 1.26. The first-order valence-electron chi connectivity index (χ1n) is 6.96. The summed E-state index contributed by atoms with van der Waals surface area (Å²) in [4.78, 5) is 32.1. The zero-order valence-corrected chi connectivity index (χ0v) is 12.6. The molecule has 0 saturated carbocycles. The number of phenolic OH excluding ortho intramolecular Hbond substituents is 1. The van der Waals surface area contributed by atoms with Crippen LogP contribution in [0.4, 0.5) is 0 Å². The molecule has 0 aliphatic heterocycles. The number of carboxylic acids is 1. The lowest BCUT2D eigenvalue weighted by Crippen LogP contribution is -2.27. The summed E-state index contributed by atoms with van der Waals surface area (Å²) in [6, 6.07) is 7.68. The number of hydrogen-bond donors (Lipinski definition) is 2. The summed E-state index contributed by atoms with van der Waals surface area (Å²) in [5.41, 5.74) is 0.334. The number of benzene rings is 1.